The molecule has 0 aliphatic heterocycles. The molecule has 2 aromatic rings. The lowest BCUT2D eigenvalue weighted by Gasteiger charge is -2.13. The van der Waals surface area contributed by atoms with Crippen molar-refractivity contribution in [1.82, 2.24) is 10.2 Å². The molecule has 1 saturated carbocycles. The summed E-state index contributed by atoms with van der Waals surface area (Å²) in [6.07, 6.45) is 2.42. The summed E-state index contributed by atoms with van der Waals surface area (Å²) in [6, 6.07) is 6.31. The molecule has 0 unspecified atom stereocenters. The number of methoxy groups -OCH3 is 1. The number of nitrogens with one attached hydrogen (secondary N) is 1. The third-order valence-electron chi connectivity index (χ3n) is 3.97. The van der Waals surface area contributed by atoms with Gasteiger partial charge in [0, 0.05) is 17.2 Å². The van der Waals surface area contributed by atoms with Crippen molar-refractivity contribution in [2.24, 2.45) is 0 Å². The zero-order chi connectivity index (χ0) is 14.3. The summed E-state index contributed by atoms with van der Waals surface area (Å²) in [4.78, 5) is 0. The van der Waals surface area contributed by atoms with Gasteiger partial charge >= 0.3 is 0 Å². The zero-order valence-electron chi connectivity index (χ0n) is 12.2. The number of ether oxygens (including phenoxy) is 1. The van der Waals surface area contributed by atoms with Crippen LogP contribution in [-0.4, -0.2) is 17.3 Å². The highest BCUT2D eigenvalue weighted by Gasteiger charge is 2.30. The first kappa shape index (κ1) is 13.0. The Kier molecular flexibility index (Phi) is 3.16. The summed E-state index contributed by atoms with van der Waals surface area (Å²) in [6.45, 7) is 4.37. The molecule has 1 aliphatic rings. The average Bonchev–Trinajstić information content (AvgIpc) is 3.21. The van der Waals surface area contributed by atoms with Gasteiger partial charge in [0.1, 0.15) is 5.75 Å². The van der Waals surface area contributed by atoms with Crippen LogP contribution >= 0.6 is 0 Å². The second-order valence-corrected chi connectivity index (χ2v) is 5.79. The van der Waals surface area contributed by atoms with Crippen molar-refractivity contribution >= 4 is 5.82 Å². The van der Waals surface area contributed by atoms with E-state index in [1.165, 1.54) is 18.4 Å². The van der Waals surface area contributed by atoms with E-state index in [2.05, 4.69) is 36.2 Å². The molecular weight excluding hydrogens is 250 g/mol. The van der Waals surface area contributed by atoms with Crippen molar-refractivity contribution in [2.75, 3.05) is 12.8 Å². The third kappa shape index (κ3) is 2.15. The van der Waals surface area contributed by atoms with Gasteiger partial charge < -0.3 is 10.5 Å². The number of hydrogen-bond donors (Lipinski definition) is 2. The van der Waals surface area contributed by atoms with E-state index in [1.54, 1.807) is 7.11 Å². The number of H-pyrrole nitrogens is 1. The smallest absolute Gasteiger partial charge is 0.153 e. The molecule has 3 N–H and O–H groups in total. The zero-order valence-corrected chi connectivity index (χ0v) is 12.2. The molecule has 1 fully saturated rings. The maximum Gasteiger partial charge on any atom is 0.153 e. The van der Waals surface area contributed by atoms with E-state index in [0.29, 0.717) is 17.7 Å². The van der Waals surface area contributed by atoms with Gasteiger partial charge in [0.25, 0.3) is 0 Å². The fourth-order valence-electron chi connectivity index (χ4n) is 2.60. The fourth-order valence-corrected chi connectivity index (χ4v) is 2.60. The Bertz CT molecular complexity index is 627. The predicted molar refractivity (Wildman–Crippen MR) is 81.1 cm³/mol. The van der Waals surface area contributed by atoms with Crippen LogP contribution < -0.4 is 10.5 Å². The number of anilines is 1. The van der Waals surface area contributed by atoms with E-state index in [4.69, 9.17) is 10.5 Å². The quantitative estimate of drug-likeness (QED) is 0.891. The summed E-state index contributed by atoms with van der Waals surface area (Å²) >= 11 is 0. The molecule has 4 nitrogen and oxygen atoms in total. The summed E-state index contributed by atoms with van der Waals surface area (Å²) in [5.41, 5.74) is 10.6. The average molecular weight is 271 g/mol. The number of hydrogen-bond acceptors (Lipinski definition) is 3. The minimum atomic E-state index is 0.470. The molecule has 20 heavy (non-hydrogen) atoms. The van der Waals surface area contributed by atoms with Crippen molar-refractivity contribution in [3.63, 3.8) is 0 Å². The molecule has 0 atom stereocenters. The van der Waals surface area contributed by atoms with Gasteiger partial charge in [-0.15, -0.1) is 0 Å². The number of rotatable bonds is 4. The molecule has 0 amide bonds. The number of aromatic amines is 1. The summed E-state index contributed by atoms with van der Waals surface area (Å²) in [5, 5.41) is 7.31. The highest BCUT2D eigenvalue weighted by atomic mass is 16.5. The Morgan fingerprint density at radius 1 is 1.35 bits per heavy atom. The number of nitrogens with zero attached hydrogens (tertiary/aromatic N) is 1. The molecule has 4 heteroatoms. The molecule has 0 saturated heterocycles. The summed E-state index contributed by atoms with van der Waals surface area (Å²) in [7, 11) is 1.70. The van der Waals surface area contributed by atoms with E-state index in [1.807, 2.05) is 6.07 Å². The van der Waals surface area contributed by atoms with Crippen LogP contribution in [0.15, 0.2) is 18.2 Å². The SMILES string of the molecule is COc1ccc(C(C)C)cc1-c1c(N)n[nH]c1C1CC1. The number of nitrogen functional groups attached to an aromatic ring is 1. The van der Waals surface area contributed by atoms with Crippen LogP contribution in [0.25, 0.3) is 11.1 Å². The highest BCUT2D eigenvalue weighted by Crippen LogP contribution is 2.47. The van der Waals surface area contributed by atoms with Gasteiger partial charge in [-0.25, -0.2) is 0 Å². The molecule has 1 heterocycles. The van der Waals surface area contributed by atoms with Crippen molar-refractivity contribution < 1.29 is 4.74 Å². The van der Waals surface area contributed by atoms with Gasteiger partial charge in [-0.2, -0.15) is 5.10 Å². The van der Waals surface area contributed by atoms with E-state index in [9.17, 15) is 0 Å². The second-order valence-electron chi connectivity index (χ2n) is 5.79. The second kappa shape index (κ2) is 4.85. The largest absolute Gasteiger partial charge is 0.496 e. The lowest BCUT2D eigenvalue weighted by molar-refractivity contribution is 0.416. The van der Waals surface area contributed by atoms with Gasteiger partial charge in [0.2, 0.25) is 0 Å². The Balaban J connectivity index is 2.17. The van der Waals surface area contributed by atoms with E-state index >= 15 is 0 Å². The molecule has 0 spiro atoms. The Morgan fingerprint density at radius 2 is 2.10 bits per heavy atom. The van der Waals surface area contributed by atoms with Crippen LogP contribution in [0.4, 0.5) is 5.82 Å². The van der Waals surface area contributed by atoms with Gasteiger partial charge in [-0.3, -0.25) is 5.10 Å². The van der Waals surface area contributed by atoms with Crippen molar-refractivity contribution in [1.29, 1.82) is 0 Å². The fraction of sp³-hybridized carbons (Fsp3) is 0.438. The number of nitrogens with two attached hydrogens (primary N) is 1. The van der Waals surface area contributed by atoms with Crippen LogP contribution in [0, 0.1) is 0 Å². The van der Waals surface area contributed by atoms with E-state index in [0.717, 1.165) is 22.6 Å². The maximum atomic E-state index is 6.09. The van der Waals surface area contributed by atoms with E-state index in [-0.39, 0.29) is 0 Å². The first-order chi connectivity index (χ1) is 9.61. The molecular formula is C16H21N3O. The highest BCUT2D eigenvalue weighted by molar-refractivity contribution is 5.81. The molecule has 0 radical (unpaired) electrons. The first-order valence-corrected chi connectivity index (χ1v) is 7.13. The third-order valence-corrected chi connectivity index (χ3v) is 3.97. The Morgan fingerprint density at radius 3 is 2.70 bits per heavy atom. The lowest BCUT2D eigenvalue weighted by Crippen LogP contribution is -1.96. The Labute approximate surface area is 119 Å². The Hall–Kier alpha value is -1.97. The van der Waals surface area contributed by atoms with Crippen LogP contribution in [-0.2, 0) is 0 Å². The molecule has 0 bridgehead atoms. The van der Waals surface area contributed by atoms with Gasteiger partial charge in [-0.1, -0.05) is 19.9 Å². The summed E-state index contributed by atoms with van der Waals surface area (Å²) in [5.74, 6) is 2.45. The molecule has 1 aromatic carbocycles. The predicted octanol–water partition coefficient (Wildman–Crippen LogP) is 3.67. The minimum absolute atomic E-state index is 0.470. The number of aromatic nitrogens is 2. The number of benzene rings is 1. The topological polar surface area (TPSA) is 63.9 Å². The normalized spacial score (nSPS) is 14.8. The molecule has 1 aromatic heterocycles. The van der Waals surface area contributed by atoms with Crippen molar-refractivity contribution in [3.8, 4) is 16.9 Å². The van der Waals surface area contributed by atoms with Crippen LogP contribution in [0.2, 0.25) is 0 Å². The van der Waals surface area contributed by atoms with Crippen LogP contribution in [0.5, 0.6) is 5.75 Å². The maximum absolute atomic E-state index is 6.09. The van der Waals surface area contributed by atoms with Gasteiger partial charge in [0.15, 0.2) is 5.82 Å². The van der Waals surface area contributed by atoms with Crippen molar-refractivity contribution in [2.45, 2.75) is 38.5 Å². The lowest BCUT2D eigenvalue weighted by atomic mass is 9.95. The monoisotopic (exact) mass is 271 g/mol. The van der Waals surface area contributed by atoms with E-state index < -0.39 is 0 Å². The summed E-state index contributed by atoms with van der Waals surface area (Å²) < 4.78 is 5.52. The molecule has 1 aliphatic carbocycles. The first-order valence-electron chi connectivity index (χ1n) is 7.13. The molecule has 3 rings (SSSR count). The van der Waals surface area contributed by atoms with Crippen LogP contribution in [0.1, 0.15) is 49.8 Å². The minimum Gasteiger partial charge on any atom is -0.496 e. The van der Waals surface area contributed by atoms with Gasteiger partial charge in [-0.05, 0) is 36.5 Å². The van der Waals surface area contributed by atoms with Gasteiger partial charge in [0.05, 0.1) is 12.7 Å². The van der Waals surface area contributed by atoms with Crippen LogP contribution in [0.3, 0.4) is 0 Å². The standard InChI is InChI=1S/C16H21N3O/c1-9(2)11-6-7-13(20-3)12(8-11)14-15(10-4-5-10)18-19-16(14)17/h6-10H,4-5H2,1-3H3,(H3,17,18,19). The molecule has 106 valence electrons. The van der Waals surface area contributed by atoms with Crippen molar-refractivity contribution in [3.05, 3.63) is 29.5 Å².